The minimum Gasteiger partial charge on any atom is -0.370 e. The Morgan fingerprint density at radius 3 is 3.00 bits per heavy atom. The molecule has 1 fully saturated rings. The third-order valence-electron chi connectivity index (χ3n) is 3.64. The fourth-order valence-electron chi connectivity index (χ4n) is 2.55. The fraction of sp³-hybridized carbons (Fsp3) is 0.571. The number of hydrogen-bond acceptors (Lipinski definition) is 3. The van der Waals surface area contributed by atoms with Gasteiger partial charge in [-0.2, -0.15) is 0 Å². The predicted octanol–water partition coefficient (Wildman–Crippen LogP) is 1.46. The quantitative estimate of drug-likeness (QED) is 0.854. The van der Waals surface area contributed by atoms with Crippen LogP contribution < -0.4 is 10.6 Å². The first kappa shape index (κ1) is 12.4. The van der Waals surface area contributed by atoms with E-state index in [-0.39, 0.29) is 0 Å². The average molecular weight is 233 g/mol. The molecular weight excluding hydrogens is 210 g/mol. The van der Waals surface area contributed by atoms with Crippen molar-refractivity contribution in [3.05, 3.63) is 29.8 Å². The minimum absolute atomic E-state index is 0.652. The molecule has 2 N–H and O–H groups in total. The lowest BCUT2D eigenvalue weighted by Gasteiger charge is -2.24. The summed E-state index contributed by atoms with van der Waals surface area (Å²) in [6, 6.07) is 9.42. The molecule has 1 aromatic carbocycles. The number of rotatable bonds is 4. The summed E-state index contributed by atoms with van der Waals surface area (Å²) >= 11 is 0. The van der Waals surface area contributed by atoms with Crippen LogP contribution in [0.2, 0.25) is 0 Å². The third kappa shape index (κ3) is 2.99. The van der Waals surface area contributed by atoms with Gasteiger partial charge in [0, 0.05) is 37.9 Å². The van der Waals surface area contributed by atoms with Gasteiger partial charge in [0.05, 0.1) is 0 Å². The maximum atomic E-state index is 5.61. The van der Waals surface area contributed by atoms with Crippen LogP contribution in [0.15, 0.2) is 24.3 Å². The highest BCUT2D eigenvalue weighted by Crippen LogP contribution is 2.23. The minimum atomic E-state index is 0.652. The number of likely N-dealkylation sites (N-methyl/N-ethyl adjacent to an activating group) is 1. The number of benzene rings is 1. The van der Waals surface area contributed by atoms with Crippen molar-refractivity contribution in [3.63, 3.8) is 0 Å². The third-order valence-corrected chi connectivity index (χ3v) is 3.64. The van der Waals surface area contributed by atoms with E-state index in [4.69, 9.17) is 5.73 Å². The Kier molecular flexibility index (Phi) is 4.02. The molecule has 1 saturated heterocycles. The number of nitrogens with zero attached hydrogens (tertiary/aromatic N) is 2. The van der Waals surface area contributed by atoms with Gasteiger partial charge in [-0.15, -0.1) is 0 Å². The van der Waals surface area contributed by atoms with E-state index in [1.54, 1.807) is 0 Å². The Hall–Kier alpha value is -1.06. The molecule has 1 aliphatic heterocycles. The molecule has 2 rings (SSSR count). The van der Waals surface area contributed by atoms with E-state index in [0.717, 1.165) is 26.2 Å². The van der Waals surface area contributed by atoms with Gasteiger partial charge in [-0.25, -0.2) is 0 Å². The first-order valence-electron chi connectivity index (χ1n) is 6.42. The van der Waals surface area contributed by atoms with Crippen LogP contribution >= 0.6 is 0 Å². The lowest BCUT2D eigenvalue weighted by molar-refractivity contribution is 0.266. The lowest BCUT2D eigenvalue weighted by atomic mass is 10.2. The second-order valence-corrected chi connectivity index (χ2v) is 5.00. The first-order chi connectivity index (χ1) is 8.20. The van der Waals surface area contributed by atoms with Gasteiger partial charge in [0.2, 0.25) is 0 Å². The molecule has 0 spiro atoms. The van der Waals surface area contributed by atoms with Gasteiger partial charge in [-0.3, -0.25) is 0 Å². The zero-order valence-electron chi connectivity index (χ0n) is 10.9. The Morgan fingerprint density at radius 1 is 1.47 bits per heavy atom. The second-order valence-electron chi connectivity index (χ2n) is 5.00. The molecule has 0 aliphatic carbocycles. The Morgan fingerprint density at radius 2 is 2.29 bits per heavy atom. The molecule has 0 radical (unpaired) electrons. The maximum absolute atomic E-state index is 5.61. The zero-order chi connectivity index (χ0) is 12.3. The Labute approximate surface area is 104 Å². The summed E-state index contributed by atoms with van der Waals surface area (Å²) in [4.78, 5) is 4.86. The van der Waals surface area contributed by atoms with Crippen molar-refractivity contribution in [1.82, 2.24) is 4.90 Å². The van der Waals surface area contributed by atoms with Crippen molar-refractivity contribution in [1.29, 1.82) is 0 Å². The van der Waals surface area contributed by atoms with Gasteiger partial charge in [0.1, 0.15) is 0 Å². The molecule has 0 saturated carbocycles. The molecule has 94 valence electrons. The largest absolute Gasteiger partial charge is 0.370 e. The van der Waals surface area contributed by atoms with Crippen LogP contribution in [-0.2, 0) is 0 Å². The normalized spacial score (nSPS) is 20.2. The summed E-state index contributed by atoms with van der Waals surface area (Å²) in [5.41, 5.74) is 8.30. The summed E-state index contributed by atoms with van der Waals surface area (Å²) in [6.45, 7) is 6.17. The van der Waals surface area contributed by atoms with Crippen molar-refractivity contribution >= 4 is 5.69 Å². The molecule has 17 heavy (non-hydrogen) atoms. The standard InChI is InChI=1S/C14H23N3/c1-12-4-3-5-13(10-12)17-8-6-14(11-17)16(2)9-7-15/h3-5,10,14H,6-9,11,15H2,1-2H3. The number of aryl methyl sites for hydroxylation is 1. The average Bonchev–Trinajstić information content (AvgIpc) is 2.78. The summed E-state index contributed by atoms with van der Waals surface area (Å²) < 4.78 is 0. The van der Waals surface area contributed by atoms with Gasteiger partial charge >= 0.3 is 0 Å². The Bertz CT molecular complexity index is 364. The predicted molar refractivity (Wildman–Crippen MR) is 73.5 cm³/mol. The summed E-state index contributed by atoms with van der Waals surface area (Å²) in [5, 5.41) is 0. The van der Waals surface area contributed by atoms with Crippen LogP contribution in [0.5, 0.6) is 0 Å². The molecule has 1 aromatic rings. The van der Waals surface area contributed by atoms with Crippen LogP contribution in [0, 0.1) is 6.92 Å². The number of hydrogen-bond donors (Lipinski definition) is 1. The zero-order valence-corrected chi connectivity index (χ0v) is 10.9. The molecule has 3 heteroatoms. The van der Waals surface area contributed by atoms with Crippen molar-refractivity contribution in [3.8, 4) is 0 Å². The van der Waals surface area contributed by atoms with Gasteiger partial charge in [0.15, 0.2) is 0 Å². The number of anilines is 1. The molecule has 3 nitrogen and oxygen atoms in total. The smallest absolute Gasteiger partial charge is 0.0369 e. The van der Waals surface area contributed by atoms with Crippen LogP contribution in [0.1, 0.15) is 12.0 Å². The summed E-state index contributed by atoms with van der Waals surface area (Å²) in [6.07, 6.45) is 1.24. The monoisotopic (exact) mass is 233 g/mol. The van der Waals surface area contributed by atoms with Crippen LogP contribution in [0.4, 0.5) is 5.69 Å². The van der Waals surface area contributed by atoms with Crippen LogP contribution in [-0.4, -0.2) is 44.2 Å². The van der Waals surface area contributed by atoms with Crippen LogP contribution in [0.25, 0.3) is 0 Å². The van der Waals surface area contributed by atoms with Gasteiger partial charge in [-0.05, 0) is 38.1 Å². The van der Waals surface area contributed by atoms with E-state index in [1.165, 1.54) is 17.7 Å². The topological polar surface area (TPSA) is 32.5 Å². The molecule has 0 amide bonds. The summed E-state index contributed by atoms with van der Waals surface area (Å²) in [5.74, 6) is 0. The molecular formula is C14H23N3. The SMILES string of the molecule is Cc1cccc(N2CCC(N(C)CCN)C2)c1. The van der Waals surface area contributed by atoms with Gasteiger partial charge in [-0.1, -0.05) is 12.1 Å². The van der Waals surface area contributed by atoms with E-state index in [9.17, 15) is 0 Å². The van der Waals surface area contributed by atoms with Crippen LogP contribution in [0.3, 0.4) is 0 Å². The van der Waals surface area contributed by atoms with E-state index >= 15 is 0 Å². The van der Waals surface area contributed by atoms with Gasteiger partial charge in [0.25, 0.3) is 0 Å². The van der Waals surface area contributed by atoms with Crippen molar-refractivity contribution < 1.29 is 0 Å². The van der Waals surface area contributed by atoms with Crippen molar-refractivity contribution in [2.75, 3.05) is 38.1 Å². The number of nitrogens with two attached hydrogens (primary N) is 1. The first-order valence-corrected chi connectivity index (χ1v) is 6.42. The van der Waals surface area contributed by atoms with E-state index in [1.807, 2.05) is 0 Å². The molecule has 0 bridgehead atoms. The highest BCUT2D eigenvalue weighted by Gasteiger charge is 2.25. The highest BCUT2D eigenvalue weighted by molar-refractivity contribution is 5.49. The molecule has 1 unspecified atom stereocenters. The van der Waals surface area contributed by atoms with E-state index < -0.39 is 0 Å². The van der Waals surface area contributed by atoms with E-state index in [2.05, 4.69) is 48.0 Å². The molecule has 1 atom stereocenters. The van der Waals surface area contributed by atoms with Crippen molar-refractivity contribution in [2.45, 2.75) is 19.4 Å². The maximum Gasteiger partial charge on any atom is 0.0369 e. The molecule has 1 heterocycles. The van der Waals surface area contributed by atoms with Gasteiger partial charge < -0.3 is 15.5 Å². The van der Waals surface area contributed by atoms with Crippen molar-refractivity contribution in [2.24, 2.45) is 5.73 Å². The van der Waals surface area contributed by atoms with E-state index in [0.29, 0.717) is 6.04 Å². The second kappa shape index (κ2) is 5.52. The Balaban J connectivity index is 1.98. The molecule has 1 aliphatic rings. The highest BCUT2D eigenvalue weighted by atomic mass is 15.2. The lowest BCUT2D eigenvalue weighted by Crippen LogP contribution is -2.37. The molecule has 0 aromatic heterocycles. The summed E-state index contributed by atoms with van der Waals surface area (Å²) in [7, 11) is 2.18. The fourth-order valence-corrected chi connectivity index (χ4v) is 2.55.